The van der Waals surface area contributed by atoms with Gasteiger partial charge in [0.15, 0.2) is 11.4 Å². The van der Waals surface area contributed by atoms with Crippen molar-refractivity contribution in [3.05, 3.63) is 34.4 Å². The van der Waals surface area contributed by atoms with Crippen LogP contribution in [0.4, 0.5) is 8.78 Å². The Balaban J connectivity index is 3.38. The molecule has 1 unspecified atom stereocenters. The Morgan fingerprint density at radius 1 is 1.32 bits per heavy atom. The third-order valence-corrected chi connectivity index (χ3v) is 3.77. The molecule has 1 rings (SSSR count). The molecule has 0 spiro atoms. The molecule has 22 heavy (non-hydrogen) atoms. The summed E-state index contributed by atoms with van der Waals surface area (Å²) < 4.78 is 28.3. The van der Waals surface area contributed by atoms with Gasteiger partial charge in [-0.25, -0.2) is 13.6 Å². The Hall–Kier alpha value is -1.69. The fourth-order valence-corrected chi connectivity index (χ4v) is 2.35. The van der Waals surface area contributed by atoms with E-state index < -0.39 is 39.6 Å². The highest BCUT2D eigenvalue weighted by Gasteiger charge is 2.45. The topological polar surface area (TPSA) is 66.4 Å². The van der Waals surface area contributed by atoms with E-state index >= 15 is 0 Å². The molecule has 1 aromatic rings. The molecule has 0 bridgehead atoms. The largest absolute Gasteiger partial charge is 0.479 e. The standard InChI is InChI=1S/C15H18ClF2NO3/c1-3-5-6-11(20)19-15(4-2,14(21)22)12-10(17)8-7-9(16)13(12)18/h7-8H,3-6H2,1-2H3,(H,19,20)(H,21,22). The van der Waals surface area contributed by atoms with Crippen LogP contribution in [0.2, 0.25) is 5.02 Å². The quantitative estimate of drug-likeness (QED) is 0.749. The van der Waals surface area contributed by atoms with E-state index in [-0.39, 0.29) is 12.8 Å². The number of halogens is 3. The number of carboxylic acids is 1. The molecule has 0 heterocycles. The molecule has 2 N–H and O–H groups in total. The van der Waals surface area contributed by atoms with E-state index in [9.17, 15) is 23.5 Å². The average molecular weight is 334 g/mol. The van der Waals surface area contributed by atoms with Gasteiger partial charge in [0.2, 0.25) is 5.91 Å². The minimum Gasteiger partial charge on any atom is -0.479 e. The maximum Gasteiger partial charge on any atom is 0.334 e. The highest BCUT2D eigenvalue weighted by molar-refractivity contribution is 6.30. The van der Waals surface area contributed by atoms with Gasteiger partial charge in [0.1, 0.15) is 5.82 Å². The van der Waals surface area contributed by atoms with Gasteiger partial charge >= 0.3 is 5.97 Å². The predicted octanol–water partition coefficient (Wildman–Crippen LogP) is 3.61. The molecule has 122 valence electrons. The smallest absolute Gasteiger partial charge is 0.334 e. The maximum absolute atomic E-state index is 14.2. The highest BCUT2D eigenvalue weighted by atomic mass is 35.5. The number of unbranched alkanes of at least 4 members (excludes halogenated alkanes) is 1. The Morgan fingerprint density at radius 2 is 1.95 bits per heavy atom. The second-order valence-corrected chi connectivity index (χ2v) is 5.34. The highest BCUT2D eigenvalue weighted by Crippen LogP contribution is 2.33. The number of carbonyl (C=O) groups excluding carboxylic acids is 1. The number of carbonyl (C=O) groups is 2. The van der Waals surface area contributed by atoms with E-state index in [1.54, 1.807) is 0 Å². The third-order valence-electron chi connectivity index (χ3n) is 3.48. The van der Waals surface area contributed by atoms with E-state index in [0.29, 0.717) is 6.42 Å². The number of hydrogen-bond donors (Lipinski definition) is 2. The van der Waals surface area contributed by atoms with Crippen molar-refractivity contribution in [2.75, 3.05) is 0 Å². The van der Waals surface area contributed by atoms with Crippen molar-refractivity contribution in [1.29, 1.82) is 0 Å². The number of nitrogens with one attached hydrogen (secondary N) is 1. The molecule has 7 heteroatoms. The summed E-state index contributed by atoms with van der Waals surface area (Å²) in [5.74, 6) is -4.37. The summed E-state index contributed by atoms with van der Waals surface area (Å²) in [6.45, 7) is 3.29. The molecule has 0 aliphatic carbocycles. The lowest BCUT2D eigenvalue weighted by Crippen LogP contribution is -2.52. The van der Waals surface area contributed by atoms with Crippen LogP contribution in [-0.4, -0.2) is 17.0 Å². The second-order valence-electron chi connectivity index (χ2n) is 4.93. The number of hydrogen-bond acceptors (Lipinski definition) is 2. The minimum absolute atomic E-state index is 0.0787. The zero-order valence-electron chi connectivity index (χ0n) is 12.4. The Labute approximate surface area is 132 Å². The molecule has 0 radical (unpaired) electrons. The first-order valence-electron chi connectivity index (χ1n) is 6.98. The lowest BCUT2D eigenvalue weighted by Gasteiger charge is -2.30. The van der Waals surface area contributed by atoms with E-state index in [1.807, 2.05) is 6.92 Å². The summed E-state index contributed by atoms with van der Waals surface area (Å²) in [5.41, 5.74) is -2.94. The third kappa shape index (κ3) is 3.55. The lowest BCUT2D eigenvalue weighted by atomic mass is 9.86. The summed E-state index contributed by atoms with van der Waals surface area (Å²) in [6.07, 6.45) is 1.13. The van der Waals surface area contributed by atoms with E-state index in [0.717, 1.165) is 18.6 Å². The molecule has 0 aliphatic heterocycles. The van der Waals surface area contributed by atoms with E-state index in [4.69, 9.17) is 11.6 Å². The molecular formula is C15H18ClF2NO3. The molecule has 0 saturated carbocycles. The van der Waals surface area contributed by atoms with Crippen LogP contribution in [-0.2, 0) is 15.1 Å². The predicted molar refractivity (Wildman–Crippen MR) is 78.6 cm³/mol. The van der Waals surface area contributed by atoms with Crippen LogP contribution in [0.15, 0.2) is 12.1 Å². The number of benzene rings is 1. The van der Waals surface area contributed by atoms with Crippen molar-refractivity contribution < 1.29 is 23.5 Å². The van der Waals surface area contributed by atoms with Crippen molar-refractivity contribution in [1.82, 2.24) is 5.32 Å². The molecule has 0 aromatic heterocycles. The van der Waals surface area contributed by atoms with Crippen LogP contribution < -0.4 is 5.32 Å². The van der Waals surface area contributed by atoms with Gasteiger partial charge in [0, 0.05) is 6.42 Å². The number of rotatable bonds is 7. The van der Waals surface area contributed by atoms with Gasteiger partial charge < -0.3 is 10.4 Å². The Bertz CT molecular complexity index is 580. The van der Waals surface area contributed by atoms with E-state index in [1.165, 1.54) is 6.92 Å². The summed E-state index contributed by atoms with van der Waals surface area (Å²) >= 11 is 5.63. The van der Waals surface area contributed by atoms with Crippen LogP contribution in [0.5, 0.6) is 0 Å². The molecule has 1 atom stereocenters. The van der Waals surface area contributed by atoms with Gasteiger partial charge in [0.25, 0.3) is 0 Å². The second kappa shape index (κ2) is 7.54. The van der Waals surface area contributed by atoms with E-state index in [2.05, 4.69) is 5.32 Å². The van der Waals surface area contributed by atoms with Gasteiger partial charge in [-0.3, -0.25) is 4.79 Å². The van der Waals surface area contributed by atoms with Crippen LogP contribution in [0, 0.1) is 11.6 Å². The summed E-state index contributed by atoms with van der Waals surface area (Å²) in [6, 6.07) is 1.88. The van der Waals surface area contributed by atoms with Crippen molar-refractivity contribution in [2.45, 2.75) is 45.1 Å². The van der Waals surface area contributed by atoms with Gasteiger partial charge in [0.05, 0.1) is 10.6 Å². The minimum atomic E-state index is -2.19. The SMILES string of the molecule is CCCCC(=O)NC(CC)(C(=O)O)c1c(F)ccc(Cl)c1F. The average Bonchev–Trinajstić information content (AvgIpc) is 2.47. The fraction of sp³-hybridized carbons (Fsp3) is 0.467. The van der Waals surface area contributed by atoms with Gasteiger partial charge in [-0.15, -0.1) is 0 Å². The zero-order valence-corrected chi connectivity index (χ0v) is 13.1. The number of aliphatic carboxylic acids is 1. The maximum atomic E-state index is 14.2. The fourth-order valence-electron chi connectivity index (χ4n) is 2.20. The monoisotopic (exact) mass is 333 g/mol. The molecule has 4 nitrogen and oxygen atoms in total. The first kappa shape index (κ1) is 18.4. The van der Waals surface area contributed by atoms with Crippen molar-refractivity contribution in [2.24, 2.45) is 0 Å². The van der Waals surface area contributed by atoms with Crippen LogP contribution in [0.3, 0.4) is 0 Å². The van der Waals surface area contributed by atoms with Gasteiger partial charge in [-0.1, -0.05) is 31.9 Å². The van der Waals surface area contributed by atoms with Crippen LogP contribution >= 0.6 is 11.6 Å². The molecule has 1 amide bonds. The van der Waals surface area contributed by atoms with Gasteiger partial charge in [-0.05, 0) is 25.0 Å². The summed E-state index contributed by atoms with van der Waals surface area (Å²) in [7, 11) is 0. The summed E-state index contributed by atoms with van der Waals surface area (Å²) in [4.78, 5) is 23.6. The first-order valence-corrected chi connectivity index (χ1v) is 7.36. The lowest BCUT2D eigenvalue weighted by molar-refractivity contribution is -0.148. The van der Waals surface area contributed by atoms with Crippen LogP contribution in [0.1, 0.15) is 45.1 Å². The van der Waals surface area contributed by atoms with Crippen molar-refractivity contribution >= 4 is 23.5 Å². The normalized spacial score (nSPS) is 13.5. The Morgan fingerprint density at radius 3 is 2.45 bits per heavy atom. The first-order chi connectivity index (χ1) is 10.3. The zero-order chi connectivity index (χ0) is 16.9. The molecule has 0 aliphatic rings. The summed E-state index contributed by atoms with van der Waals surface area (Å²) in [5, 5.41) is 11.4. The number of amides is 1. The van der Waals surface area contributed by atoms with Crippen molar-refractivity contribution in [3.8, 4) is 0 Å². The number of carboxylic acid groups (broad SMARTS) is 1. The molecule has 0 saturated heterocycles. The van der Waals surface area contributed by atoms with Crippen molar-refractivity contribution in [3.63, 3.8) is 0 Å². The molecule has 1 aromatic carbocycles. The Kier molecular flexibility index (Phi) is 6.29. The van der Waals surface area contributed by atoms with Crippen LogP contribution in [0.25, 0.3) is 0 Å². The molecular weight excluding hydrogens is 316 g/mol. The van der Waals surface area contributed by atoms with Gasteiger partial charge in [-0.2, -0.15) is 0 Å². The molecule has 0 fully saturated rings.